The van der Waals surface area contributed by atoms with Gasteiger partial charge >= 0.3 is 11.8 Å². The molecule has 0 fully saturated rings. The number of thiophene rings is 1. The Labute approximate surface area is 144 Å². The highest BCUT2D eigenvalue weighted by atomic mass is 32.1. The monoisotopic (exact) mass is 348 g/mol. The molecular weight excluding hydrogens is 328 g/mol. The highest BCUT2D eigenvalue weighted by Gasteiger charge is 2.16. The summed E-state index contributed by atoms with van der Waals surface area (Å²) in [5.74, 6) is -1.01. The Morgan fingerprint density at radius 3 is 2.75 bits per heavy atom. The van der Waals surface area contributed by atoms with Crippen LogP contribution < -0.4 is 15.4 Å². The molecule has 0 aliphatic carbocycles. The Morgan fingerprint density at radius 2 is 2.04 bits per heavy atom. The van der Waals surface area contributed by atoms with Crippen LogP contribution in [0.5, 0.6) is 5.75 Å². The summed E-state index contributed by atoms with van der Waals surface area (Å²) in [5, 5.41) is 18.7. The molecule has 2 aromatic rings. The lowest BCUT2D eigenvalue weighted by Crippen LogP contribution is -2.36. The summed E-state index contributed by atoms with van der Waals surface area (Å²) in [5.41, 5.74) is 1.25. The molecule has 1 aromatic heterocycles. The zero-order valence-corrected chi connectivity index (χ0v) is 14.1. The number of carbonyl (C=O) groups is 2. The molecule has 7 heteroatoms. The van der Waals surface area contributed by atoms with Crippen LogP contribution in [0.4, 0.5) is 5.69 Å². The molecule has 1 aromatic carbocycles. The standard InChI is InChI=1S/C17H20N2O4S/c1-2-23-15-6-4-3-5-13(15)19-17(22)16(21)18-9-7-14(20)12-8-10-24-11-12/h3-6,8,10-11,14,20H,2,7,9H2,1H3,(H,18,21)(H,19,22)/t14-/m0/s1. The predicted molar refractivity (Wildman–Crippen MR) is 93.1 cm³/mol. The van der Waals surface area contributed by atoms with Gasteiger partial charge in [0.25, 0.3) is 0 Å². The molecule has 0 aliphatic rings. The number of hydrogen-bond donors (Lipinski definition) is 3. The Balaban J connectivity index is 1.81. The number of aliphatic hydroxyl groups is 1. The maximum absolute atomic E-state index is 11.9. The van der Waals surface area contributed by atoms with Crippen LogP contribution in [-0.4, -0.2) is 30.1 Å². The largest absolute Gasteiger partial charge is 0.492 e. The fourth-order valence-corrected chi connectivity index (χ4v) is 2.77. The van der Waals surface area contributed by atoms with Crippen molar-refractivity contribution in [1.29, 1.82) is 0 Å². The number of aliphatic hydroxyl groups excluding tert-OH is 1. The van der Waals surface area contributed by atoms with Crippen LogP contribution in [0.1, 0.15) is 25.0 Å². The Hall–Kier alpha value is -2.38. The topological polar surface area (TPSA) is 87.7 Å². The smallest absolute Gasteiger partial charge is 0.313 e. The van der Waals surface area contributed by atoms with E-state index in [0.29, 0.717) is 24.5 Å². The minimum atomic E-state index is -0.771. The van der Waals surface area contributed by atoms with E-state index in [1.165, 1.54) is 11.3 Å². The Bertz CT molecular complexity index is 673. The second-order valence-corrected chi connectivity index (χ2v) is 5.78. The SMILES string of the molecule is CCOc1ccccc1NC(=O)C(=O)NCC[C@H](O)c1ccsc1. The molecule has 3 N–H and O–H groups in total. The van der Waals surface area contributed by atoms with E-state index in [1.54, 1.807) is 24.3 Å². The molecule has 1 atom stereocenters. The van der Waals surface area contributed by atoms with Gasteiger partial charge in [0, 0.05) is 6.54 Å². The third kappa shape index (κ3) is 5.07. The maximum atomic E-state index is 11.9. The molecule has 24 heavy (non-hydrogen) atoms. The Morgan fingerprint density at radius 1 is 1.25 bits per heavy atom. The molecule has 6 nitrogen and oxygen atoms in total. The lowest BCUT2D eigenvalue weighted by atomic mass is 10.1. The highest BCUT2D eigenvalue weighted by molar-refractivity contribution is 7.07. The number of benzene rings is 1. The summed E-state index contributed by atoms with van der Waals surface area (Å²) in [4.78, 5) is 23.8. The van der Waals surface area contributed by atoms with Crippen LogP contribution >= 0.6 is 11.3 Å². The maximum Gasteiger partial charge on any atom is 0.313 e. The quantitative estimate of drug-likeness (QED) is 0.670. The van der Waals surface area contributed by atoms with Crippen LogP contribution in [0.3, 0.4) is 0 Å². The van der Waals surface area contributed by atoms with Gasteiger partial charge in [0.2, 0.25) is 0 Å². The first-order valence-electron chi connectivity index (χ1n) is 7.63. The highest BCUT2D eigenvalue weighted by Crippen LogP contribution is 2.23. The van der Waals surface area contributed by atoms with Gasteiger partial charge in [-0.25, -0.2) is 0 Å². The predicted octanol–water partition coefficient (Wildman–Crippen LogP) is 2.33. The molecule has 0 saturated heterocycles. The van der Waals surface area contributed by atoms with Gasteiger partial charge in [-0.3, -0.25) is 9.59 Å². The van der Waals surface area contributed by atoms with E-state index in [-0.39, 0.29) is 6.54 Å². The van der Waals surface area contributed by atoms with E-state index in [2.05, 4.69) is 10.6 Å². The van der Waals surface area contributed by atoms with E-state index >= 15 is 0 Å². The van der Waals surface area contributed by atoms with Gasteiger partial charge in [0.15, 0.2) is 0 Å². The second kappa shape index (κ2) is 9.05. The molecule has 2 rings (SSSR count). The van der Waals surface area contributed by atoms with Crippen molar-refractivity contribution in [2.45, 2.75) is 19.4 Å². The van der Waals surface area contributed by atoms with Crippen LogP contribution in [-0.2, 0) is 9.59 Å². The van der Waals surface area contributed by atoms with E-state index in [0.717, 1.165) is 5.56 Å². The zero-order valence-electron chi connectivity index (χ0n) is 13.3. The van der Waals surface area contributed by atoms with Crippen molar-refractivity contribution in [3.8, 4) is 5.75 Å². The van der Waals surface area contributed by atoms with Gasteiger partial charge in [-0.1, -0.05) is 12.1 Å². The first-order valence-corrected chi connectivity index (χ1v) is 8.57. The molecule has 128 valence electrons. The van der Waals surface area contributed by atoms with Gasteiger partial charge < -0.3 is 20.5 Å². The van der Waals surface area contributed by atoms with Gasteiger partial charge in [0.1, 0.15) is 5.75 Å². The van der Waals surface area contributed by atoms with Crippen LogP contribution in [0.2, 0.25) is 0 Å². The molecule has 1 heterocycles. The molecule has 0 radical (unpaired) electrons. The third-order valence-corrected chi connectivity index (χ3v) is 3.97. The fraction of sp³-hybridized carbons (Fsp3) is 0.294. The number of rotatable bonds is 7. The van der Waals surface area contributed by atoms with Crippen LogP contribution in [0.15, 0.2) is 41.1 Å². The van der Waals surface area contributed by atoms with Crippen molar-refractivity contribution in [2.75, 3.05) is 18.5 Å². The normalized spacial score (nSPS) is 11.6. The fourth-order valence-electron chi connectivity index (χ4n) is 2.06. The molecule has 0 unspecified atom stereocenters. The minimum Gasteiger partial charge on any atom is -0.492 e. The van der Waals surface area contributed by atoms with Gasteiger partial charge in [-0.15, -0.1) is 0 Å². The van der Waals surface area contributed by atoms with Crippen molar-refractivity contribution < 1.29 is 19.4 Å². The first kappa shape index (κ1) is 18.0. The molecular formula is C17H20N2O4S. The van der Waals surface area contributed by atoms with Crippen molar-refractivity contribution in [1.82, 2.24) is 5.32 Å². The minimum absolute atomic E-state index is 0.205. The number of para-hydroxylation sites is 2. The summed E-state index contributed by atoms with van der Waals surface area (Å²) in [6, 6.07) is 8.74. The van der Waals surface area contributed by atoms with Crippen LogP contribution in [0.25, 0.3) is 0 Å². The van der Waals surface area contributed by atoms with E-state index in [4.69, 9.17) is 4.74 Å². The first-order chi connectivity index (χ1) is 11.6. The van der Waals surface area contributed by atoms with E-state index in [1.807, 2.05) is 23.8 Å². The summed E-state index contributed by atoms with van der Waals surface area (Å²) >= 11 is 1.50. The van der Waals surface area contributed by atoms with Crippen molar-refractivity contribution in [3.05, 3.63) is 46.7 Å². The third-order valence-electron chi connectivity index (χ3n) is 3.27. The molecule has 0 spiro atoms. The zero-order chi connectivity index (χ0) is 17.4. The average Bonchev–Trinajstić information content (AvgIpc) is 3.11. The van der Waals surface area contributed by atoms with Crippen LogP contribution in [0, 0.1) is 0 Å². The molecule has 0 saturated carbocycles. The number of nitrogens with one attached hydrogen (secondary N) is 2. The van der Waals surface area contributed by atoms with Crippen molar-refractivity contribution >= 4 is 28.8 Å². The lowest BCUT2D eigenvalue weighted by molar-refractivity contribution is -0.136. The molecule has 0 aliphatic heterocycles. The summed E-state index contributed by atoms with van der Waals surface area (Å²) in [6.07, 6.45) is -0.316. The Kier molecular flexibility index (Phi) is 6.77. The average molecular weight is 348 g/mol. The van der Waals surface area contributed by atoms with Gasteiger partial charge in [-0.05, 0) is 47.9 Å². The van der Waals surface area contributed by atoms with Crippen molar-refractivity contribution in [3.63, 3.8) is 0 Å². The van der Waals surface area contributed by atoms with E-state index in [9.17, 15) is 14.7 Å². The summed E-state index contributed by atoms with van der Waals surface area (Å²) in [7, 11) is 0. The molecule has 2 amide bonds. The second-order valence-electron chi connectivity index (χ2n) is 5.00. The number of anilines is 1. The summed E-state index contributed by atoms with van der Waals surface area (Å²) in [6.45, 7) is 2.50. The van der Waals surface area contributed by atoms with Gasteiger partial charge in [0.05, 0.1) is 18.4 Å². The number of amides is 2. The van der Waals surface area contributed by atoms with Crippen molar-refractivity contribution in [2.24, 2.45) is 0 Å². The van der Waals surface area contributed by atoms with Gasteiger partial charge in [-0.2, -0.15) is 11.3 Å². The number of ether oxygens (including phenoxy) is 1. The number of hydrogen-bond acceptors (Lipinski definition) is 5. The molecule has 0 bridgehead atoms. The van der Waals surface area contributed by atoms with E-state index < -0.39 is 17.9 Å². The lowest BCUT2D eigenvalue weighted by Gasteiger charge is -2.12. The number of carbonyl (C=O) groups excluding carboxylic acids is 2. The summed E-state index contributed by atoms with van der Waals surface area (Å²) < 4.78 is 5.39.